The quantitative estimate of drug-likeness (QED) is 0.636. The number of amides is 1. The van der Waals surface area contributed by atoms with Crippen LogP contribution in [-0.2, 0) is 0 Å². The Balaban J connectivity index is 2.97. The Morgan fingerprint density at radius 2 is 1.94 bits per heavy atom. The number of hydrogen-bond acceptors (Lipinski definition) is 3. The summed E-state index contributed by atoms with van der Waals surface area (Å²) in [7, 11) is 1.85. The summed E-state index contributed by atoms with van der Waals surface area (Å²) in [6.45, 7) is 8.21. The summed E-state index contributed by atoms with van der Waals surface area (Å²) in [5.74, 6) is 5.83. The van der Waals surface area contributed by atoms with Crippen molar-refractivity contribution in [2.24, 2.45) is 11.8 Å². The minimum Gasteiger partial charge on any atom is -0.339 e. The van der Waals surface area contributed by atoms with Gasteiger partial charge < -0.3 is 10.3 Å². The third-order valence-electron chi connectivity index (χ3n) is 3.52. The molecule has 0 aliphatic heterocycles. The predicted molar refractivity (Wildman–Crippen MR) is 75.4 cm³/mol. The van der Waals surface area contributed by atoms with Crippen LogP contribution >= 0.6 is 0 Å². The minimum atomic E-state index is 0.0530. The summed E-state index contributed by atoms with van der Waals surface area (Å²) in [4.78, 5) is 14.2. The molecule has 0 aliphatic rings. The van der Waals surface area contributed by atoms with E-state index in [0.717, 1.165) is 16.8 Å². The molecule has 4 nitrogen and oxygen atoms in total. The van der Waals surface area contributed by atoms with Crippen LogP contribution < -0.4 is 11.3 Å². The standard InChI is InChI=1S/C14H23N3O/c1-9(2)11(4)17(5)14(18)13-7-6-12(16-15)8-10(13)3/h6-9,11,16H,15H2,1-5H3. The summed E-state index contributed by atoms with van der Waals surface area (Å²) >= 11 is 0. The molecule has 18 heavy (non-hydrogen) atoms. The van der Waals surface area contributed by atoms with Gasteiger partial charge in [0.05, 0.1) is 0 Å². The Kier molecular flexibility index (Phi) is 4.73. The zero-order valence-electron chi connectivity index (χ0n) is 11.8. The molecule has 1 aromatic rings. The molecule has 1 atom stereocenters. The van der Waals surface area contributed by atoms with E-state index in [4.69, 9.17) is 5.84 Å². The van der Waals surface area contributed by atoms with Crippen LogP contribution in [0.2, 0.25) is 0 Å². The number of hydrogen-bond donors (Lipinski definition) is 2. The highest BCUT2D eigenvalue weighted by Crippen LogP contribution is 2.18. The topological polar surface area (TPSA) is 58.4 Å². The smallest absolute Gasteiger partial charge is 0.254 e. The van der Waals surface area contributed by atoms with Crippen LogP contribution in [0.3, 0.4) is 0 Å². The van der Waals surface area contributed by atoms with E-state index in [1.807, 2.05) is 32.2 Å². The average molecular weight is 249 g/mol. The molecule has 0 saturated heterocycles. The highest BCUT2D eigenvalue weighted by atomic mass is 16.2. The third-order valence-corrected chi connectivity index (χ3v) is 3.52. The summed E-state index contributed by atoms with van der Waals surface area (Å²) in [6.07, 6.45) is 0. The molecule has 0 radical (unpaired) electrons. The van der Waals surface area contributed by atoms with E-state index in [9.17, 15) is 4.79 Å². The van der Waals surface area contributed by atoms with E-state index in [1.165, 1.54) is 0 Å². The third kappa shape index (κ3) is 3.01. The molecule has 1 rings (SSSR count). The van der Waals surface area contributed by atoms with Gasteiger partial charge in [0.25, 0.3) is 5.91 Å². The monoisotopic (exact) mass is 249 g/mol. The van der Waals surface area contributed by atoms with Crippen molar-refractivity contribution in [3.05, 3.63) is 29.3 Å². The molecule has 1 aromatic carbocycles. The van der Waals surface area contributed by atoms with Crippen LogP contribution in [0.1, 0.15) is 36.7 Å². The zero-order valence-corrected chi connectivity index (χ0v) is 11.8. The van der Waals surface area contributed by atoms with Gasteiger partial charge in [0, 0.05) is 24.3 Å². The molecule has 3 N–H and O–H groups in total. The van der Waals surface area contributed by atoms with E-state index < -0.39 is 0 Å². The van der Waals surface area contributed by atoms with Crippen molar-refractivity contribution in [1.82, 2.24) is 4.90 Å². The van der Waals surface area contributed by atoms with Crippen LogP contribution in [0.4, 0.5) is 5.69 Å². The van der Waals surface area contributed by atoms with Gasteiger partial charge in [0.1, 0.15) is 0 Å². The fraction of sp³-hybridized carbons (Fsp3) is 0.500. The number of rotatable bonds is 4. The first-order valence-electron chi connectivity index (χ1n) is 6.23. The van der Waals surface area contributed by atoms with E-state index in [1.54, 1.807) is 4.90 Å². The average Bonchev–Trinajstić information content (AvgIpc) is 2.35. The van der Waals surface area contributed by atoms with Gasteiger partial charge in [0.2, 0.25) is 0 Å². The lowest BCUT2D eigenvalue weighted by Gasteiger charge is -2.28. The van der Waals surface area contributed by atoms with E-state index in [0.29, 0.717) is 5.92 Å². The predicted octanol–water partition coefficient (Wildman–Crippen LogP) is 2.40. The molecule has 0 saturated carbocycles. The van der Waals surface area contributed by atoms with Crippen molar-refractivity contribution >= 4 is 11.6 Å². The Morgan fingerprint density at radius 3 is 2.39 bits per heavy atom. The van der Waals surface area contributed by atoms with Crippen molar-refractivity contribution < 1.29 is 4.79 Å². The molecule has 100 valence electrons. The first kappa shape index (κ1) is 14.5. The normalized spacial score (nSPS) is 12.4. The maximum Gasteiger partial charge on any atom is 0.254 e. The molecule has 0 aliphatic carbocycles. The SMILES string of the molecule is Cc1cc(NN)ccc1C(=O)N(C)C(C)C(C)C. The minimum absolute atomic E-state index is 0.0530. The summed E-state index contributed by atoms with van der Waals surface area (Å²) in [5.41, 5.74) is 5.04. The van der Waals surface area contributed by atoms with Gasteiger partial charge in [-0.05, 0) is 43.5 Å². The van der Waals surface area contributed by atoms with Crippen LogP contribution in [-0.4, -0.2) is 23.9 Å². The van der Waals surface area contributed by atoms with Crippen molar-refractivity contribution in [2.75, 3.05) is 12.5 Å². The van der Waals surface area contributed by atoms with E-state index in [2.05, 4.69) is 26.2 Å². The molecule has 0 aromatic heterocycles. The molecule has 0 fully saturated rings. The number of nitrogen functional groups attached to an aromatic ring is 1. The molecule has 1 amide bonds. The highest BCUT2D eigenvalue weighted by molar-refractivity contribution is 5.96. The molecule has 0 heterocycles. The zero-order chi connectivity index (χ0) is 13.9. The first-order chi connectivity index (χ1) is 8.38. The van der Waals surface area contributed by atoms with Crippen molar-refractivity contribution in [3.8, 4) is 0 Å². The van der Waals surface area contributed by atoms with Gasteiger partial charge in [0.15, 0.2) is 0 Å². The number of carbonyl (C=O) groups is 1. The van der Waals surface area contributed by atoms with E-state index >= 15 is 0 Å². The van der Waals surface area contributed by atoms with Gasteiger partial charge in [-0.15, -0.1) is 0 Å². The number of nitrogens with zero attached hydrogens (tertiary/aromatic N) is 1. The fourth-order valence-electron chi connectivity index (χ4n) is 1.82. The molecule has 0 spiro atoms. The summed E-state index contributed by atoms with van der Waals surface area (Å²) < 4.78 is 0. The lowest BCUT2D eigenvalue weighted by molar-refractivity contribution is 0.0706. The van der Waals surface area contributed by atoms with Crippen molar-refractivity contribution in [3.63, 3.8) is 0 Å². The number of anilines is 1. The molecular formula is C14H23N3O. The lowest BCUT2D eigenvalue weighted by atomic mass is 10.0. The van der Waals surface area contributed by atoms with Crippen LogP contribution in [0.25, 0.3) is 0 Å². The largest absolute Gasteiger partial charge is 0.339 e. The number of carbonyl (C=O) groups excluding carboxylic acids is 1. The van der Waals surface area contributed by atoms with E-state index in [-0.39, 0.29) is 11.9 Å². The Bertz CT molecular complexity index is 429. The molecule has 4 heteroatoms. The first-order valence-corrected chi connectivity index (χ1v) is 6.23. The van der Waals surface area contributed by atoms with Crippen LogP contribution in [0, 0.1) is 12.8 Å². The highest BCUT2D eigenvalue weighted by Gasteiger charge is 2.21. The van der Waals surface area contributed by atoms with Gasteiger partial charge >= 0.3 is 0 Å². The maximum absolute atomic E-state index is 12.4. The number of aryl methyl sites for hydroxylation is 1. The Morgan fingerprint density at radius 1 is 1.33 bits per heavy atom. The molecule has 0 bridgehead atoms. The van der Waals surface area contributed by atoms with Gasteiger partial charge in [-0.1, -0.05) is 13.8 Å². The lowest BCUT2D eigenvalue weighted by Crippen LogP contribution is -2.38. The maximum atomic E-state index is 12.4. The van der Waals surface area contributed by atoms with Gasteiger partial charge in [-0.25, -0.2) is 0 Å². The van der Waals surface area contributed by atoms with Crippen LogP contribution in [0.5, 0.6) is 0 Å². The Labute approximate surface area is 109 Å². The second-order valence-electron chi connectivity index (χ2n) is 5.07. The number of hydrazine groups is 1. The number of benzene rings is 1. The molecule has 1 unspecified atom stereocenters. The fourth-order valence-corrected chi connectivity index (χ4v) is 1.82. The van der Waals surface area contributed by atoms with Gasteiger partial charge in [-0.3, -0.25) is 10.6 Å². The van der Waals surface area contributed by atoms with Crippen molar-refractivity contribution in [1.29, 1.82) is 0 Å². The molecular weight excluding hydrogens is 226 g/mol. The second-order valence-corrected chi connectivity index (χ2v) is 5.07. The Hall–Kier alpha value is -1.55. The van der Waals surface area contributed by atoms with Crippen molar-refractivity contribution in [2.45, 2.75) is 33.7 Å². The number of nitrogens with two attached hydrogens (primary N) is 1. The summed E-state index contributed by atoms with van der Waals surface area (Å²) in [5, 5.41) is 0. The second kappa shape index (κ2) is 5.87. The van der Waals surface area contributed by atoms with Crippen LogP contribution in [0.15, 0.2) is 18.2 Å². The number of nitrogens with one attached hydrogen (secondary N) is 1. The van der Waals surface area contributed by atoms with Gasteiger partial charge in [-0.2, -0.15) is 0 Å². The summed E-state index contributed by atoms with van der Waals surface area (Å²) in [6, 6.07) is 5.72.